The van der Waals surface area contributed by atoms with Crippen molar-refractivity contribution < 1.29 is 0 Å². The van der Waals surface area contributed by atoms with Gasteiger partial charge in [-0.3, -0.25) is 5.43 Å². The lowest BCUT2D eigenvalue weighted by molar-refractivity contribution is 1.03. The Kier molecular flexibility index (Phi) is 3.70. The highest BCUT2D eigenvalue weighted by Gasteiger charge is 2.13. The van der Waals surface area contributed by atoms with E-state index >= 15 is 0 Å². The molecule has 0 aliphatic carbocycles. The summed E-state index contributed by atoms with van der Waals surface area (Å²) in [5, 5.41) is 5.16. The zero-order valence-electron chi connectivity index (χ0n) is 9.93. The fourth-order valence-corrected chi connectivity index (χ4v) is 2.85. The van der Waals surface area contributed by atoms with Crippen molar-refractivity contribution in [3.8, 4) is 0 Å². The number of aromatic nitrogens is 1. The molecule has 1 aromatic heterocycles. The van der Waals surface area contributed by atoms with Crippen LogP contribution in [0.2, 0.25) is 0 Å². The van der Waals surface area contributed by atoms with Crippen molar-refractivity contribution in [2.45, 2.75) is 0 Å². The lowest BCUT2D eigenvalue weighted by Crippen LogP contribution is -2.25. The first-order chi connectivity index (χ1) is 9.31. The summed E-state index contributed by atoms with van der Waals surface area (Å²) in [6, 6.07) is 11.9. The Hall–Kier alpha value is -1.53. The molecule has 96 valence electrons. The van der Waals surface area contributed by atoms with Crippen LogP contribution in [-0.4, -0.2) is 21.6 Å². The fraction of sp³-hybridized carbons (Fsp3) is 0.0769. The Bertz CT molecular complexity index is 634. The minimum Gasteiger partial charge on any atom is -0.360 e. The maximum atomic E-state index is 4.52. The average molecular weight is 335 g/mol. The molecule has 19 heavy (non-hydrogen) atoms. The van der Waals surface area contributed by atoms with Crippen LogP contribution in [0.3, 0.4) is 0 Å². The topological polar surface area (TPSA) is 52.5 Å². The van der Waals surface area contributed by atoms with Gasteiger partial charge in [-0.15, -0.1) is 0 Å². The van der Waals surface area contributed by atoms with Gasteiger partial charge in [0.15, 0.2) is 5.17 Å². The minimum atomic E-state index is 0.806. The van der Waals surface area contributed by atoms with Gasteiger partial charge in [0.05, 0.1) is 17.1 Å². The quantitative estimate of drug-likeness (QED) is 0.882. The molecule has 0 bridgehead atoms. The number of aliphatic imine (C=N–C) groups is 1. The molecule has 2 N–H and O–H groups in total. The van der Waals surface area contributed by atoms with E-state index in [2.05, 4.69) is 36.4 Å². The first kappa shape index (κ1) is 12.5. The van der Waals surface area contributed by atoms with Crippen LogP contribution in [-0.2, 0) is 0 Å². The van der Waals surface area contributed by atoms with E-state index in [9.17, 15) is 0 Å². The third-order valence-electron chi connectivity index (χ3n) is 2.58. The van der Waals surface area contributed by atoms with Gasteiger partial charge in [-0.1, -0.05) is 33.8 Å². The number of hydrogen-bond donors (Lipinski definition) is 2. The zero-order chi connectivity index (χ0) is 13.1. The molecule has 0 saturated heterocycles. The van der Waals surface area contributed by atoms with Crippen molar-refractivity contribution in [2.24, 2.45) is 10.1 Å². The number of amidine groups is 1. The molecule has 6 heteroatoms. The number of halogens is 1. The standard InChI is InChI=1S/C13H11BrN4S/c14-9-3-1-4-10(7-9)16-13-18-17-12(8-19-13)11-5-2-6-15-11/h1-7,15H,8H2,(H,16,18). The van der Waals surface area contributed by atoms with E-state index < -0.39 is 0 Å². The molecular formula is C13H11BrN4S. The monoisotopic (exact) mass is 334 g/mol. The van der Waals surface area contributed by atoms with Gasteiger partial charge in [-0.25, -0.2) is 4.99 Å². The Morgan fingerprint density at radius 1 is 1.26 bits per heavy atom. The van der Waals surface area contributed by atoms with Crippen LogP contribution in [0.15, 0.2) is 57.2 Å². The second-order valence-electron chi connectivity index (χ2n) is 3.94. The van der Waals surface area contributed by atoms with E-state index in [1.807, 2.05) is 42.6 Å². The van der Waals surface area contributed by atoms with E-state index in [-0.39, 0.29) is 0 Å². The third-order valence-corrected chi connectivity index (χ3v) is 3.95. The number of aromatic amines is 1. The van der Waals surface area contributed by atoms with Gasteiger partial charge >= 0.3 is 0 Å². The van der Waals surface area contributed by atoms with E-state index in [0.29, 0.717) is 0 Å². The normalized spacial score (nSPS) is 17.1. The van der Waals surface area contributed by atoms with Crippen molar-refractivity contribution >= 4 is 44.3 Å². The maximum absolute atomic E-state index is 4.52. The summed E-state index contributed by atoms with van der Waals surface area (Å²) in [6.07, 6.45) is 1.90. The number of hydrogen-bond acceptors (Lipinski definition) is 3. The number of nitrogens with zero attached hydrogens (tertiary/aromatic N) is 2. The van der Waals surface area contributed by atoms with E-state index in [1.165, 1.54) is 0 Å². The van der Waals surface area contributed by atoms with E-state index in [4.69, 9.17) is 0 Å². The van der Waals surface area contributed by atoms with Crippen LogP contribution in [0.4, 0.5) is 5.69 Å². The molecule has 1 aliphatic heterocycles. The Morgan fingerprint density at radius 2 is 2.21 bits per heavy atom. The van der Waals surface area contributed by atoms with Crippen molar-refractivity contribution in [1.82, 2.24) is 10.4 Å². The molecule has 0 amide bonds. The van der Waals surface area contributed by atoms with Crippen molar-refractivity contribution in [1.29, 1.82) is 0 Å². The van der Waals surface area contributed by atoms with Crippen LogP contribution in [0.5, 0.6) is 0 Å². The minimum absolute atomic E-state index is 0.806. The lowest BCUT2D eigenvalue weighted by atomic mass is 10.3. The van der Waals surface area contributed by atoms with Gasteiger partial charge in [-0.2, -0.15) is 5.10 Å². The Balaban J connectivity index is 1.76. The Morgan fingerprint density at radius 3 is 2.89 bits per heavy atom. The first-order valence-electron chi connectivity index (χ1n) is 5.75. The second kappa shape index (κ2) is 5.63. The van der Waals surface area contributed by atoms with Gasteiger partial charge in [0, 0.05) is 16.4 Å². The molecule has 0 atom stereocenters. The number of H-pyrrole nitrogens is 1. The number of benzene rings is 1. The number of hydrazone groups is 1. The van der Waals surface area contributed by atoms with Crippen molar-refractivity contribution in [3.63, 3.8) is 0 Å². The highest BCUT2D eigenvalue weighted by molar-refractivity contribution is 9.10. The summed E-state index contributed by atoms with van der Waals surface area (Å²) in [5.74, 6) is 0.806. The third kappa shape index (κ3) is 3.08. The summed E-state index contributed by atoms with van der Waals surface area (Å²) in [4.78, 5) is 7.66. The zero-order valence-corrected chi connectivity index (χ0v) is 12.3. The smallest absolute Gasteiger partial charge is 0.182 e. The lowest BCUT2D eigenvalue weighted by Gasteiger charge is -2.13. The number of thioether (sulfide) groups is 1. The van der Waals surface area contributed by atoms with Crippen LogP contribution in [0.1, 0.15) is 5.69 Å². The number of nitrogens with one attached hydrogen (secondary N) is 2. The summed E-state index contributed by atoms with van der Waals surface area (Å²) in [5.41, 5.74) is 5.94. The molecule has 1 aromatic carbocycles. The summed E-state index contributed by atoms with van der Waals surface area (Å²) in [7, 11) is 0. The molecule has 0 unspecified atom stereocenters. The molecule has 0 spiro atoms. The Labute approximate surface area is 123 Å². The molecule has 0 radical (unpaired) electrons. The highest BCUT2D eigenvalue weighted by Crippen LogP contribution is 2.21. The highest BCUT2D eigenvalue weighted by atomic mass is 79.9. The molecule has 1 aliphatic rings. The van der Waals surface area contributed by atoms with E-state index in [1.54, 1.807) is 11.8 Å². The molecular weight excluding hydrogens is 324 g/mol. The van der Waals surface area contributed by atoms with Crippen LogP contribution in [0.25, 0.3) is 0 Å². The van der Waals surface area contributed by atoms with Crippen molar-refractivity contribution in [2.75, 3.05) is 5.75 Å². The summed E-state index contributed by atoms with van der Waals surface area (Å²) in [6.45, 7) is 0. The molecule has 3 rings (SSSR count). The van der Waals surface area contributed by atoms with Crippen LogP contribution < -0.4 is 5.43 Å². The van der Waals surface area contributed by atoms with Crippen LogP contribution in [0, 0.1) is 0 Å². The van der Waals surface area contributed by atoms with Gasteiger partial charge in [0.2, 0.25) is 0 Å². The van der Waals surface area contributed by atoms with Crippen LogP contribution >= 0.6 is 27.7 Å². The predicted molar refractivity (Wildman–Crippen MR) is 84.2 cm³/mol. The SMILES string of the molecule is Brc1cccc(N=C2NN=C(c3ccc[nH]3)CS2)c1. The molecule has 4 nitrogen and oxygen atoms in total. The van der Waals surface area contributed by atoms with Gasteiger partial charge in [0.25, 0.3) is 0 Å². The predicted octanol–water partition coefficient (Wildman–Crippen LogP) is 3.51. The number of rotatable bonds is 2. The van der Waals surface area contributed by atoms with E-state index in [0.717, 1.165) is 32.5 Å². The summed E-state index contributed by atoms with van der Waals surface area (Å²) >= 11 is 5.08. The van der Waals surface area contributed by atoms with Gasteiger partial charge in [-0.05, 0) is 30.3 Å². The fourth-order valence-electron chi connectivity index (χ4n) is 1.68. The first-order valence-corrected chi connectivity index (χ1v) is 7.52. The van der Waals surface area contributed by atoms with Gasteiger partial charge in [0.1, 0.15) is 0 Å². The second-order valence-corrected chi connectivity index (χ2v) is 5.82. The van der Waals surface area contributed by atoms with Crippen molar-refractivity contribution in [3.05, 3.63) is 52.8 Å². The molecule has 0 saturated carbocycles. The largest absolute Gasteiger partial charge is 0.360 e. The molecule has 0 fully saturated rings. The molecule has 2 aromatic rings. The summed E-state index contributed by atoms with van der Waals surface area (Å²) < 4.78 is 1.02. The van der Waals surface area contributed by atoms with Gasteiger partial charge < -0.3 is 4.98 Å². The average Bonchev–Trinajstić information content (AvgIpc) is 2.94. The maximum Gasteiger partial charge on any atom is 0.182 e. The molecule has 2 heterocycles.